The van der Waals surface area contributed by atoms with E-state index < -0.39 is 0 Å². The molecule has 4 aromatic rings. The highest BCUT2D eigenvalue weighted by Gasteiger charge is 2.29. The number of hydrogen-bond acceptors (Lipinski definition) is 2. The van der Waals surface area contributed by atoms with E-state index in [1.807, 2.05) is 98.8 Å². The van der Waals surface area contributed by atoms with Crippen LogP contribution in [0, 0.1) is 13.8 Å². The van der Waals surface area contributed by atoms with E-state index in [1.165, 1.54) is 9.80 Å². The van der Waals surface area contributed by atoms with Crippen LogP contribution in [-0.2, 0) is 0 Å². The monoisotopic (exact) mass is 446 g/mol. The van der Waals surface area contributed by atoms with Crippen LogP contribution < -0.4 is 9.80 Å². The Morgan fingerprint density at radius 2 is 0.853 bits per heavy atom. The Labute approximate surface area is 200 Å². The van der Waals surface area contributed by atoms with Gasteiger partial charge >= 0.3 is 0 Å². The zero-order chi connectivity index (χ0) is 24.1. The Balaban J connectivity index is 1.85. The number of anilines is 2. The van der Waals surface area contributed by atoms with Gasteiger partial charge in [-0.25, -0.2) is 0 Å². The summed E-state index contributed by atoms with van der Waals surface area (Å²) in [5.41, 5.74) is 4.39. The highest BCUT2D eigenvalue weighted by atomic mass is 16.2. The first kappa shape index (κ1) is 22.7. The predicted octanol–water partition coefficient (Wildman–Crippen LogP) is 6.77. The Morgan fingerprint density at radius 3 is 1.18 bits per heavy atom. The van der Waals surface area contributed by atoms with E-state index in [2.05, 4.69) is 6.58 Å². The highest BCUT2D eigenvalue weighted by Crippen LogP contribution is 2.29. The molecule has 0 saturated carbocycles. The van der Waals surface area contributed by atoms with Crippen molar-refractivity contribution in [3.63, 3.8) is 0 Å². The average Bonchev–Trinajstić information content (AvgIpc) is 2.87. The maximum absolute atomic E-state index is 13.7. The summed E-state index contributed by atoms with van der Waals surface area (Å²) in [5.74, 6) is -0.296. The second kappa shape index (κ2) is 10.0. The molecule has 0 bridgehead atoms. The number of aryl methyl sites for hydroxylation is 2. The first-order valence-electron chi connectivity index (χ1n) is 11.1. The van der Waals surface area contributed by atoms with Gasteiger partial charge in [-0.3, -0.25) is 19.4 Å². The highest BCUT2D eigenvalue weighted by molar-refractivity contribution is 6.13. The van der Waals surface area contributed by atoms with Gasteiger partial charge in [-0.05, 0) is 62.4 Å². The number of hydrogen-bond donors (Lipinski definition) is 0. The van der Waals surface area contributed by atoms with E-state index in [0.29, 0.717) is 22.5 Å². The van der Waals surface area contributed by atoms with Crippen LogP contribution in [0.2, 0.25) is 0 Å². The molecule has 0 fully saturated rings. The molecule has 168 valence electrons. The van der Waals surface area contributed by atoms with E-state index in [9.17, 15) is 9.59 Å². The van der Waals surface area contributed by atoms with Gasteiger partial charge in [-0.15, -0.1) is 0 Å². The fraction of sp³-hybridized carbons (Fsp3) is 0.0667. The molecule has 0 radical (unpaired) electrons. The molecule has 0 saturated heterocycles. The van der Waals surface area contributed by atoms with E-state index >= 15 is 0 Å². The van der Waals surface area contributed by atoms with Gasteiger partial charge in [0.15, 0.2) is 0 Å². The van der Waals surface area contributed by atoms with Crippen molar-refractivity contribution in [3.8, 4) is 0 Å². The molecule has 0 N–H and O–H groups in total. The van der Waals surface area contributed by atoms with E-state index in [-0.39, 0.29) is 17.6 Å². The maximum atomic E-state index is 13.7. The Morgan fingerprint density at radius 1 is 0.529 bits per heavy atom. The Kier molecular flexibility index (Phi) is 6.69. The second-order valence-corrected chi connectivity index (χ2v) is 8.10. The first-order valence-corrected chi connectivity index (χ1v) is 11.1. The van der Waals surface area contributed by atoms with Crippen molar-refractivity contribution in [2.75, 3.05) is 9.80 Å². The molecule has 0 aliphatic heterocycles. The molecule has 4 aromatic carbocycles. The van der Waals surface area contributed by atoms with E-state index in [1.54, 1.807) is 24.3 Å². The third-order valence-corrected chi connectivity index (χ3v) is 5.55. The fourth-order valence-electron chi connectivity index (χ4n) is 3.67. The Hall–Kier alpha value is -4.44. The van der Waals surface area contributed by atoms with Crippen LogP contribution in [0.4, 0.5) is 11.4 Å². The molecule has 4 heteroatoms. The number of amides is 2. The smallest absolute Gasteiger partial charge is 0.263 e. The third kappa shape index (κ3) is 4.81. The minimum Gasteiger partial charge on any atom is -0.268 e. The molecular weight excluding hydrogens is 420 g/mol. The van der Waals surface area contributed by atoms with Gasteiger partial charge < -0.3 is 0 Å². The van der Waals surface area contributed by atoms with Gasteiger partial charge in [0, 0.05) is 11.1 Å². The number of benzene rings is 4. The van der Waals surface area contributed by atoms with Crippen LogP contribution in [0.3, 0.4) is 0 Å². The average molecular weight is 447 g/mol. The number of rotatable bonds is 6. The molecular formula is C30H26N2O2. The van der Waals surface area contributed by atoms with Crippen LogP contribution in [0.25, 0.3) is 0 Å². The van der Waals surface area contributed by atoms with Gasteiger partial charge in [0.1, 0.15) is 5.82 Å². The standard InChI is InChI=1S/C30H26N2O2/c1-22-14-18-27(19-15-22)31(29(33)25-10-6-4-7-11-25)24(3)32(28-20-16-23(2)17-21-28)30(34)26-12-8-5-9-13-26/h4-21H,3H2,1-2H3. The van der Waals surface area contributed by atoms with Crippen molar-refractivity contribution in [3.05, 3.63) is 144 Å². The summed E-state index contributed by atoms with van der Waals surface area (Å²) in [7, 11) is 0. The van der Waals surface area contributed by atoms with Gasteiger partial charge in [-0.1, -0.05) is 78.4 Å². The summed E-state index contributed by atoms with van der Waals surface area (Å²) >= 11 is 0. The van der Waals surface area contributed by atoms with Gasteiger partial charge in [0.2, 0.25) is 0 Å². The molecule has 0 unspecified atom stereocenters. The van der Waals surface area contributed by atoms with E-state index in [4.69, 9.17) is 0 Å². The molecule has 0 spiro atoms. The molecule has 0 aromatic heterocycles. The van der Waals surface area contributed by atoms with Crippen molar-refractivity contribution < 1.29 is 9.59 Å². The van der Waals surface area contributed by atoms with Crippen LogP contribution >= 0.6 is 0 Å². The zero-order valence-corrected chi connectivity index (χ0v) is 19.3. The maximum Gasteiger partial charge on any atom is 0.263 e. The quantitative estimate of drug-likeness (QED) is 0.328. The van der Waals surface area contributed by atoms with Crippen LogP contribution in [0.5, 0.6) is 0 Å². The van der Waals surface area contributed by atoms with Gasteiger partial charge in [-0.2, -0.15) is 0 Å². The summed E-state index contributed by atoms with van der Waals surface area (Å²) in [6.45, 7) is 8.23. The topological polar surface area (TPSA) is 40.6 Å². The summed E-state index contributed by atoms with van der Waals surface area (Å²) in [6, 6.07) is 33.2. The Bertz CT molecular complexity index is 1190. The van der Waals surface area contributed by atoms with E-state index in [0.717, 1.165) is 11.1 Å². The predicted molar refractivity (Wildman–Crippen MR) is 138 cm³/mol. The molecule has 34 heavy (non-hydrogen) atoms. The normalized spacial score (nSPS) is 10.4. The molecule has 0 aliphatic rings. The molecule has 2 amide bonds. The second-order valence-electron chi connectivity index (χ2n) is 8.10. The molecule has 0 atom stereocenters. The van der Waals surface area contributed by atoms with Crippen LogP contribution in [0.1, 0.15) is 31.8 Å². The molecule has 4 rings (SSSR count). The van der Waals surface area contributed by atoms with Crippen LogP contribution in [0.15, 0.2) is 122 Å². The summed E-state index contributed by atoms with van der Waals surface area (Å²) in [5, 5.41) is 0. The molecule has 0 aliphatic carbocycles. The van der Waals surface area contributed by atoms with Gasteiger partial charge in [0.25, 0.3) is 11.8 Å². The third-order valence-electron chi connectivity index (χ3n) is 5.55. The summed E-state index contributed by atoms with van der Waals surface area (Å²) in [4.78, 5) is 30.5. The largest absolute Gasteiger partial charge is 0.268 e. The summed E-state index contributed by atoms with van der Waals surface area (Å²) in [6.07, 6.45) is 0. The van der Waals surface area contributed by atoms with Crippen LogP contribution in [-0.4, -0.2) is 11.8 Å². The zero-order valence-electron chi connectivity index (χ0n) is 19.3. The SMILES string of the molecule is C=C(N(C(=O)c1ccccc1)c1ccc(C)cc1)N(C(=O)c1ccccc1)c1ccc(C)cc1. The molecule has 4 nitrogen and oxygen atoms in total. The molecule has 0 heterocycles. The minimum absolute atomic E-state index is 0.246. The van der Waals surface area contributed by atoms with Gasteiger partial charge in [0.05, 0.1) is 11.4 Å². The van der Waals surface area contributed by atoms with Crippen molar-refractivity contribution in [1.82, 2.24) is 0 Å². The number of carbonyl (C=O) groups is 2. The van der Waals surface area contributed by atoms with Crippen molar-refractivity contribution in [2.45, 2.75) is 13.8 Å². The lowest BCUT2D eigenvalue weighted by Crippen LogP contribution is -2.42. The number of carbonyl (C=O) groups excluding carboxylic acids is 2. The number of nitrogens with zero attached hydrogens (tertiary/aromatic N) is 2. The lowest BCUT2D eigenvalue weighted by Gasteiger charge is -2.33. The van der Waals surface area contributed by atoms with Crippen molar-refractivity contribution in [2.24, 2.45) is 0 Å². The minimum atomic E-state index is -0.271. The lowest BCUT2D eigenvalue weighted by molar-refractivity contribution is 0.0983. The first-order chi connectivity index (χ1) is 16.5. The fourth-order valence-corrected chi connectivity index (χ4v) is 3.67. The van der Waals surface area contributed by atoms with Crippen molar-refractivity contribution >= 4 is 23.2 Å². The summed E-state index contributed by atoms with van der Waals surface area (Å²) < 4.78 is 0. The lowest BCUT2D eigenvalue weighted by atomic mass is 10.1. The van der Waals surface area contributed by atoms with Crippen molar-refractivity contribution in [1.29, 1.82) is 0 Å².